The van der Waals surface area contributed by atoms with E-state index in [1.807, 2.05) is 0 Å². The fourth-order valence-electron chi connectivity index (χ4n) is 2.11. The number of rotatable bonds is 5. The number of hydrogen-bond acceptors (Lipinski definition) is 5. The van der Waals surface area contributed by atoms with Crippen LogP contribution >= 0.6 is 23.2 Å². The molecule has 1 aromatic heterocycles. The standard InChI is InChI=1S/C18H12Cl2N2O3/c19-12-2-4-13(5-3-12)22-21-10-14-6-8-17(25-14)11-1-7-16(20)15(9-11)18(23)24/h1-10,22H,(H,23,24)/p-1/b21-10-. The summed E-state index contributed by atoms with van der Waals surface area (Å²) >= 11 is 11.6. The molecular formula is C18H11Cl2N2O3-. The molecule has 1 heterocycles. The van der Waals surface area contributed by atoms with Crippen molar-refractivity contribution in [1.29, 1.82) is 0 Å². The van der Waals surface area contributed by atoms with Crippen molar-refractivity contribution in [1.82, 2.24) is 0 Å². The zero-order valence-corrected chi connectivity index (χ0v) is 14.2. The van der Waals surface area contributed by atoms with E-state index in [1.165, 1.54) is 18.3 Å². The van der Waals surface area contributed by atoms with Gasteiger partial charge in [-0.05, 0) is 54.6 Å². The van der Waals surface area contributed by atoms with Crippen LogP contribution in [0.5, 0.6) is 0 Å². The molecule has 0 unspecified atom stereocenters. The van der Waals surface area contributed by atoms with Crippen LogP contribution in [0.4, 0.5) is 5.69 Å². The lowest BCUT2D eigenvalue weighted by Gasteiger charge is -2.06. The van der Waals surface area contributed by atoms with Gasteiger partial charge < -0.3 is 14.3 Å². The first-order valence-corrected chi connectivity index (χ1v) is 7.94. The van der Waals surface area contributed by atoms with E-state index >= 15 is 0 Å². The number of hydrogen-bond donors (Lipinski definition) is 1. The second-order valence-electron chi connectivity index (χ2n) is 5.06. The number of anilines is 1. The van der Waals surface area contributed by atoms with Crippen molar-refractivity contribution in [3.63, 3.8) is 0 Å². The van der Waals surface area contributed by atoms with E-state index in [0.717, 1.165) is 5.69 Å². The van der Waals surface area contributed by atoms with Gasteiger partial charge in [-0.2, -0.15) is 5.10 Å². The van der Waals surface area contributed by atoms with Crippen molar-refractivity contribution in [2.45, 2.75) is 0 Å². The number of nitrogens with zero attached hydrogens (tertiary/aromatic N) is 1. The third-order valence-electron chi connectivity index (χ3n) is 3.33. The molecule has 0 saturated carbocycles. The minimum atomic E-state index is -1.34. The highest BCUT2D eigenvalue weighted by Crippen LogP contribution is 2.26. The fourth-order valence-corrected chi connectivity index (χ4v) is 2.43. The van der Waals surface area contributed by atoms with E-state index < -0.39 is 5.97 Å². The maximum absolute atomic E-state index is 11.0. The van der Waals surface area contributed by atoms with Gasteiger partial charge in [0, 0.05) is 21.2 Å². The number of carbonyl (C=O) groups is 1. The highest BCUT2D eigenvalue weighted by Gasteiger charge is 2.08. The van der Waals surface area contributed by atoms with Crippen molar-refractivity contribution in [2.24, 2.45) is 5.10 Å². The molecule has 1 N–H and O–H groups in total. The molecule has 0 fully saturated rings. The smallest absolute Gasteiger partial charge is 0.147 e. The Labute approximate surface area is 153 Å². The van der Waals surface area contributed by atoms with E-state index in [1.54, 1.807) is 42.5 Å². The largest absolute Gasteiger partial charge is 0.545 e. The van der Waals surface area contributed by atoms with Crippen LogP contribution in [-0.4, -0.2) is 12.2 Å². The molecule has 0 amide bonds. The van der Waals surface area contributed by atoms with E-state index in [0.29, 0.717) is 22.1 Å². The quantitative estimate of drug-likeness (QED) is 0.540. The molecule has 2 aromatic carbocycles. The Kier molecular flexibility index (Phi) is 5.07. The van der Waals surface area contributed by atoms with E-state index in [2.05, 4.69) is 10.5 Å². The summed E-state index contributed by atoms with van der Waals surface area (Å²) in [7, 11) is 0. The van der Waals surface area contributed by atoms with Crippen LogP contribution in [0.3, 0.4) is 0 Å². The van der Waals surface area contributed by atoms with Crippen LogP contribution in [0, 0.1) is 0 Å². The van der Waals surface area contributed by atoms with Crippen molar-refractivity contribution < 1.29 is 14.3 Å². The molecule has 126 valence electrons. The second kappa shape index (κ2) is 7.42. The molecule has 7 heteroatoms. The lowest BCUT2D eigenvalue weighted by Crippen LogP contribution is -2.22. The number of furan rings is 1. The Morgan fingerprint density at radius 1 is 1.08 bits per heavy atom. The van der Waals surface area contributed by atoms with Gasteiger partial charge in [0.25, 0.3) is 0 Å². The molecule has 0 atom stereocenters. The molecule has 5 nitrogen and oxygen atoms in total. The molecule has 0 aliphatic heterocycles. The van der Waals surface area contributed by atoms with Crippen molar-refractivity contribution >= 4 is 41.1 Å². The third-order valence-corrected chi connectivity index (χ3v) is 3.91. The van der Waals surface area contributed by atoms with E-state index in [4.69, 9.17) is 27.6 Å². The number of carbonyl (C=O) groups excluding carboxylic acids is 1. The maximum Gasteiger partial charge on any atom is 0.147 e. The van der Waals surface area contributed by atoms with Crippen molar-refractivity contribution in [3.8, 4) is 11.3 Å². The molecule has 0 aliphatic carbocycles. The molecule has 0 spiro atoms. The minimum Gasteiger partial charge on any atom is -0.545 e. The summed E-state index contributed by atoms with van der Waals surface area (Å²) in [5.74, 6) is -0.346. The molecule has 3 aromatic rings. The van der Waals surface area contributed by atoms with Crippen LogP contribution in [0.25, 0.3) is 11.3 Å². The number of benzene rings is 2. The summed E-state index contributed by atoms with van der Waals surface area (Å²) in [6, 6.07) is 15.1. The van der Waals surface area contributed by atoms with Crippen LogP contribution in [0.15, 0.2) is 64.1 Å². The molecular weight excluding hydrogens is 363 g/mol. The lowest BCUT2D eigenvalue weighted by atomic mass is 10.1. The van der Waals surface area contributed by atoms with Crippen LogP contribution in [0.1, 0.15) is 16.1 Å². The minimum absolute atomic E-state index is 0.0878. The number of aromatic carboxylic acids is 1. The average molecular weight is 374 g/mol. The van der Waals surface area contributed by atoms with Gasteiger partial charge in [0.15, 0.2) is 0 Å². The highest BCUT2D eigenvalue weighted by molar-refractivity contribution is 6.33. The van der Waals surface area contributed by atoms with Gasteiger partial charge in [-0.25, -0.2) is 0 Å². The molecule has 0 saturated heterocycles. The van der Waals surface area contributed by atoms with Gasteiger partial charge in [0.05, 0.1) is 17.9 Å². The predicted octanol–water partition coefficient (Wildman–Crippen LogP) is 4.06. The molecule has 0 bridgehead atoms. The number of nitrogens with one attached hydrogen (secondary N) is 1. The Balaban J connectivity index is 1.74. The van der Waals surface area contributed by atoms with E-state index in [-0.39, 0.29) is 10.6 Å². The number of carboxylic acid groups (broad SMARTS) is 1. The monoisotopic (exact) mass is 373 g/mol. The Morgan fingerprint density at radius 2 is 1.84 bits per heavy atom. The van der Waals surface area contributed by atoms with E-state index in [9.17, 15) is 9.90 Å². The molecule has 0 radical (unpaired) electrons. The van der Waals surface area contributed by atoms with Crippen LogP contribution < -0.4 is 10.5 Å². The SMILES string of the molecule is O=C([O-])c1cc(-c2ccc(/C=N\Nc3ccc(Cl)cc3)o2)ccc1Cl. The van der Waals surface area contributed by atoms with Gasteiger partial charge in [0.1, 0.15) is 11.5 Å². The van der Waals surface area contributed by atoms with Gasteiger partial charge in [-0.3, -0.25) is 5.43 Å². The average Bonchev–Trinajstić information content (AvgIpc) is 3.06. The molecule has 25 heavy (non-hydrogen) atoms. The van der Waals surface area contributed by atoms with Crippen molar-refractivity contribution in [3.05, 3.63) is 76.0 Å². The maximum atomic E-state index is 11.0. The molecule has 0 aliphatic rings. The number of carboxylic acids is 1. The fraction of sp³-hybridized carbons (Fsp3) is 0. The third kappa shape index (κ3) is 4.21. The topological polar surface area (TPSA) is 77.7 Å². The summed E-state index contributed by atoms with van der Waals surface area (Å²) in [4.78, 5) is 11.0. The predicted molar refractivity (Wildman–Crippen MR) is 96.2 cm³/mol. The molecule has 3 rings (SSSR count). The lowest BCUT2D eigenvalue weighted by molar-refractivity contribution is -0.255. The van der Waals surface area contributed by atoms with Crippen molar-refractivity contribution in [2.75, 3.05) is 5.43 Å². The Hall–Kier alpha value is -2.76. The summed E-state index contributed by atoms with van der Waals surface area (Å²) in [6.07, 6.45) is 1.51. The Morgan fingerprint density at radius 3 is 2.56 bits per heavy atom. The first-order chi connectivity index (χ1) is 12.0. The highest BCUT2D eigenvalue weighted by atomic mass is 35.5. The summed E-state index contributed by atoms with van der Waals surface area (Å²) in [5, 5.41) is 15.9. The summed E-state index contributed by atoms with van der Waals surface area (Å²) < 4.78 is 5.63. The zero-order chi connectivity index (χ0) is 17.8. The summed E-state index contributed by atoms with van der Waals surface area (Å²) in [6.45, 7) is 0. The van der Waals surface area contributed by atoms with Gasteiger partial charge >= 0.3 is 0 Å². The Bertz CT molecular complexity index is 934. The zero-order valence-electron chi connectivity index (χ0n) is 12.7. The second-order valence-corrected chi connectivity index (χ2v) is 5.90. The normalized spacial score (nSPS) is 11.0. The van der Waals surface area contributed by atoms with Crippen LogP contribution in [-0.2, 0) is 0 Å². The first-order valence-electron chi connectivity index (χ1n) is 7.19. The summed E-state index contributed by atoms with van der Waals surface area (Å²) in [5.41, 5.74) is 4.12. The first kappa shape index (κ1) is 17.1. The van der Waals surface area contributed by atoms with Crippen LogP contribution in [0.2, 0.25) is 10.0 Å². The van der Waals surface area contributed by atoms with Gasteiger partial charge in [0.2, 0.25) is 0 Å². The van der Waals surface area contributed by atoms with Gasteiger partial charge in [-0.1, -0.05) is 23.2 Å². The number of halogens is 2. The van der Waals surface area contributed by atoms with Gasteiger partial charge in [-0.15, -0.1) is 0 Å². The number of hydrazone groups is 1.